The first-order valence-corrected chi connectivity index (χ1v) is 7.75. The quantitative estimate of drug-likeness (QED) is 0.874. The van der Waals surface area contributed by atoms with E-state index in [1.54, 1.807) is 17.2 Å². The molecule has 1 amide bonds. The first kappa shape index (κ1) is 15.4. The van der Waals surface area contributed by atoms with Crippen LogP contribution in [0.3, 0.4) is 0 Å². The third-order valence-corrected chi connectivity index (χ3v) is 3.90. The molecule has 0 atom stereocenters. The first-order valence-electron chi connectivity index (χ1n) is 7.75. The lowest BCUT2D eigenvalue weighted by Gasteiger charge is -2.37. The zero-order valence-electron chi connectivity index (χ0n) is 13.3. The highest BCUT2D eigenvalue weighted by Crippen LogP contribution is 2.34. The number of aryl methyl sites for hydroxylation is 1. The van der Waals surface area contributed by atoms with E-state index < -0.39 is 0 Å². The molecule has 6 heteroatoms. The van der Waals surface area contributed by atoms with Crippen molar-refractivity contribution in [1.29, 1.82) is 0 Å². The van der Waals surface area contributed by atoms with Crippen LogP contribution in [0, 0.1) is 12.7 Å². The molecule has 0 bridgehead atoms. The van der Waals surface area contributed by atoms with E-state index in [9.17, 15) is 9.18 Å². The number of nitrogens with zero attached hydrogens (tertiary/aromatic N) is 4. The maximum Gasteiger partial charge on any atom is 0.278 e. The van der Waals surface area contributed by atoms with Crippen LogP contribution in [-0.4, -0.2) is 35.5 Å². The molecule has 0 saturated heterocycles. The molecule has 0 N–H and O–H groups in total. The Morgan fingerprint density at radius 1 is 1.22 bits per heavy atom. The minimum Gasteiger partial charge on any atom is -0.368 e. The summed E-state index contributed by atoms with van der Waals surface area (Å²) in [5.74, 6) is -0.601. The second kappa shape index (κ2) is 6.32. The Labute approximate surface area is 134 Å². The van der Waals surface area contributed by atoms with E-state index in [0.29, 0.717) is 12.2 Å². The SMILES string of the molecule is CCCN1CCN(C(=O)c2cnc(C)cn2)c2cc(F)ccc21. The summed E-state index contributed by atoms with van der Waals surface area (Å²) in [5.41, 5.74) is 2.50. The van der Waals surface area contributed by atoms with Crippen molar-refractivity contribution >= 4 is 17.3 Å². The molecular weight excluding hydrogens is 295 g/mol. The van der Waals surface area contributed by atoms with Crippen molar-refractivity contribution in [2.75, 3.05) is 29.4 Å². The predicted molar refractivity (Wildman–Crippen MR) is 87.3 cm³/mol. The highest BCUT2D eigenvalue weighted by molar-refractivity contribution is 6.07. The molecule has 0 unspecified atom stereocenters. The van der Waals surface area contributed by atoms with Crippen LogP contribution in [0.2, 0.25) is 0 Å². The largest absolute Gasteiger partial charge is 0.368 e. The van der Waals surface area contributed by atoms with Crippen molar-refractivity contribution in [3.63, 3.8) is 0 Å². The molecule has 0 radical (unpaired) electrons. The maximum atomic E-state index is 13.7. The molecule has 1 aromatic carbocycles. The number of halogens is 1. The topological polar surface area (TPSA) is 49.3 Å². The van der Waals surface area contributed by atoms with Gasteiger partial charge in [-0.1, -0.05) is 6.92 Å². The fourth-order valence-corrected chi connectivity index (χ4v) is 2.80. The minimum atomic E-state index is -0.352. The van der Waals surface area contributed by atoms with Crippen molar-refractivity contribution in [3.05, 3.63) is 47.8 Å². The molecule has 2 aromatic rings. The van der Waals surface area contributed by atoms with Gasteiger partial charge in [0.2, 0.25) is 0 Å². The summed E-state index contributed by atoms with van der Waals surface area (Å²) in [6.07, 6.45) is 4.02. The Balaban J connectivity index is 1.97. The monoisotopic (exact) mass is 314 g/mol. The Hall–Kier alpha value is -2.50. The Morgan fingerprint density at radius 2 is 2.04 bits per heavy atom. The van der Waals surface area contributed by atoms with Crippen molar-refractivity contribution < 1.29 is 9.18 Å². The smallest absolute Gasteiger partial charge is 0.278 e. The average Bonchev–Trinajstić information content (AvgIpc) is 2.55. The van der Waals surface area contributed by atoms with Gasteiger partial charge in [-0.05, 0) is 31.5 Å². The van der Waals surface area contributed by atoms with Crippen LogP contribution in [0.15, 0.2) is 30.6 Å². The lowest BCUT2D eigenvalue weighted by molar-refractivity contribution is 0.0981. The molecule has 0 aliphatic carbocycles. The zero-order valence-corrected chi connectivity index (χ0v) is 13.3. The van der Waals surface area contributed by atoms with Gasteiger partial charge in [-0.25, -0.2) is 9.37 Å². The van der Waals surface area contributed by atoms with Gasteiger partial charge in [0.15, 0.2) is 0 Å². The van der Waals surface area contributed by atoms with Crippen LogP contribution in [0.4, 0.5) is 15.8 Å². The minimum absolute atomic E-state index is 0.250. The number of carbonyl (C=O) groups excluding carboxylic acids is 1. The van der Waals surface area contributed by atoms with E-state index in [1.165, 1.54) is 18.3 Å². The summed E-state index contributed by atoms with van der Waals surface area (Å²) in [5, 5.41) is 0. The first-order chi connectivity index (χ1) is 11.1. The molecule has 1 aromatic heterocycles. The van der Waals surface area contributed by atoms with Crippen LogP contribution in [0.5, 0.6) is 0 Å². The molecule has 1 aliphatic rings. The third-order valence-electron chi connectivity index (χ3n) is 3.90. The standard InChI is InChI=1S/C17H19FN4O/c1-3-6-21-7-8-22(16-9-13(18)4-5-15(16)21)17(23)14-11-19-12(2)10-20-14/h4-5,9-11H,3,6-8H2,1-2H3. The number of hydrogen-bond donors (Lipinski definition) is 0. The fraction of sp³-hybridized carbons (Fsp3) is 0.353. The fourth-order valence-electron chi connectivity index (χ4n) is 2.80. The molecule has 3 rings (SSSR count). The van der Waals surface area contributed by atoms with E-state index in [1.807, 2.05) is 6.92 Å². The molecule has 5 nitrogen and oxygen atoms in total. The van der Waals surface area contributed by atoms with Crippen molar-refractivity contribution in [2.24, 2.45) is 0 Å². The summed E-state index contributed by atoms with van der Waals surface area (Å²) in [6.45, 7) is 6.02. The Kier molecular flexibility index (Phi) is 4.23. The number of aromatic nitrogens is 2. The highest BCUT2D eigenvalue weighted by Gasteiger charge is 2.28. The van der Waals surface area contributed by atoms with Gasteiger partial charge in [-0.15, -0.1) is 0 Å². The highest BCUT2D eigenvalue weighted by atomic mass is 19.1. The van der Waals surface area contributed by atoms with Crippen LogP contribution in [0.1, 0.15) is 29.5 Å². The summed E-state index contributed by atoms with van der Waals surface area (Å²) < 4.78 is 13.7. The Morgan fingerprint density at radius 3 is 2.74 bits per heavy atom. The van der Waals surface area contributed by atoms with Crippen molar-refractivity contribution in [1.82, 2.24) is 9.97 Å². The molecule has 23 heavy (non-hydrogen) atoms. The van der Waals surface area contributed by atoms with E-state index in [-0.39, 0.29) is 17.4 Å². The van der Waals surface area contributed by atoms with Gasteiger partial charge in [0.05, 0.1) is 23.3 Å². The van der Waals surface area contributed by atoms with Crippen LogP contribution in [0.25, 0.3) is 0 Å². The molecule has 0 spiro atoms. The number of amides is 1. The van der Waals surface area contributed by atoms with Gasteiger partial charge < -0.3 is 9.80 Å². The number of anilines is 2. The normalized spacial score (nSPS) is 13.9. The molecule has 2 heterocycles. The van der Waals surface area contributed by atoms with E-state index >= 15 is 0 Å². The molecule has 0 saturated carbocycles. The van der Waals surface area contributed by atoms with E-state index in [2.05, 4.69) is 21.8 Å². The maximum absolute atomic E-state index is 13.7. The van der Waals surface area contributed by atoms with Crippen molar-refractivity contribution in [3.8, 4) is 0 Å². The molecular formula is C17H19FN4O. The van der Waals surface area contributed by atoms with E-state index in [0.717, 1.165) is 30.9 Å². The van der Waals surface area contributed by atoms with Gasteiger partial charge in [0, 0.05) is 25.8 Å². The van der Waals surface area contributed by atoms with Crippen LogP contribution >= 0.6 is 0 Å². The van der Waals surface area contributed by atoms with Gasteiger partial charge in [0.25, 0.3) is 5.91 Å². The molecule has 0 fully saturated rings. The lowest BCUT2D eigenvalue weighted by Crippen LogP contribution is -2.44. The lowest BCUT2D eigenvalue weighted by atomic mass is 10.1. The summed E-state index contributed by atoms with van der Waals surface area (Å²) in [7, 11) is 0. The van der Waals surface area contributed by atoms with Gasteiger partial charge in [0.1, 0.15) is 11.5 Å². The predicted octanol–water partition coefficient (Wildman–Crippen LogP) is 2.80. The van der Waals surface area contributed by atoms with Gasteiger partial charge in [-0.2, -0.15) is 0 Å². The van der Waals surface area contributed by atoms with Gasteiger partial charge in [-0.3, -0.25) is 9.78 Å². The zero-order chi connectivity index (χ0) is 16.4. The number of benzene rings is 1. The average molecular weight is 314 g/mol. The summed E-state index contributed by atoms with van der Waals surface area (Å²) in [6, 6.07) is 4.58. The summed E-state index contributed by atoms with van der Waals surface area (Å²) >= 11 is 0. The van der Waals surface area contributed by atoms with Crippen LogP contribution in [-0.2, 0) is 0 Å². The molecule has 1 aliphatic heterocycles. The number of rotatable bonds is 3. The third kappa shape index (κ3) is 3.02. The molecule has 120 valence electrons. The Bertz CT molecular complexity index is 717. The summed E-state index contributed by atoms with van der Waals surface area (Å²) in [4.78, 5) is 24.8. The number of hydrogen-bond acceptors (Lipinski definition) is 4. The van der Waals surface area contributed by atoms with E-state index in [4.69, 9.17) is 0 Å². The second-order valence-electron chi connectivity index (χ2n) is 5.62. The van der Waals surface area contributed by atoms with Gasteiger partial charge >= 0.3 is 0 Å². The van der Waals surface area contributed by atoms with Crippen LogP contribution < -0.4 is 9.80 Å². The van der Waals surface area contributed by atoms with Crippen molar-refractivity contribution in [2.45, 2.75) is 20.3 Å². The number of fused-ring (bicyclic) bond motifs is 1. The second-order valence-corrected chi connectivity index (χ2v) is 5.62. The number of carbonyl (C=O) groups is 1.